The molecule has 9 heteroatoms. The minimum Gasteiger partial charge on any atom is -0.478 e. The van der Waals surface area contributed by atoms with Gasteiger partial charge < -0.3 is 5.11 Å². The fraction of sp³-hybridized carbons (Fsp3) is 0.333. The van der Waals surface area contributed by atoms with E-state index < -0.39 is 44.3 Å². The summed E-state index contributed by atoms with van der Waals surface area (Å²) in [5.74, 6) is -3.99. The number of nitrogens with one attached hydrogen (secondary N) is 1. The third-order valence-corrected chi connectivity index (χ3v) is 5.85. The lowest BCUT2D eigenvalue weighted by atomic mass is 9.87. The zero-order chi connectivity index (χ0) is 22.7. The molecular weight excluding hydrogens is 416 g/mol. The second-order valence-electron chi connectivity index (χ2n) is 7.89. The van der Waals surface area contributed by atoms with Gasteiger partial charge in [0, 0.05) is 17.9 Å². The molecule has 0 bridgehead atoms. The molecule has 6 nitrogen and oxygen atoms in total. The van der Waals surface area contributed by atoms with E-state index in [1.165, 1.54) is 12.1 Å². The summed E-state index contributed by atoms with van der Waals surface area (Å²) in [5.41, 5.74) is -1.16. The number of ketones is 1. The minimum absolute atomic E-state index is 0.147. The highest BCUT2D eigenvalue weighted by Crippen LogP contribution is 2.24. The number of anilines is 1. The average molecular weight is 439 g/mol. The van der Waals surface area contributed by atoms with Crippen molar-refractivity contribution in [3.63, 3.8) is 0 Å². The monoisotopic (exact) mass is 439 g/mol. The van der Waals surface area contributed by atoms with Gasteiger partial charge in [0.15, 0.2) is 0 Å². The van der Waals surface area contributed by atoms with Gasteiger partial charge in [0.25, 0.3) is 10.0 Å². The predicted molar refractivity (Wildman–Crippen MR) is 108 cm³/mol. The van der Waals surface area contributed by atoms with Crippen LogP contribution in [0, 0.1) is 17.0 Å². The van der Waals surface area contributed by atoms with Crippen LogP contribution in [0.4, 0.5) is 14.5 Å². The molecule has 0 atom stereocenters. The van der Waals surface area contributed by atoms with E-state index in [0.29, 0.717) is 31.4 Å². The van der Waals surface area contributed by atoms with E-state index in [1.54, 1.807) is 12.1 Å². The van der Waals surface area contributed by atoms with Crippen molar-refractivity contribution in [3.8, 4) is 0 Å². The van der Waals surface area contributed by atoms with Crippen molar-refractivity contribution in [2.24, 2.45) is 5.41 Å². The Morgan fingerprint density at radius 1 is 1.03 bits per heavy atom. The van der Waals surface area contributed by atoms with E-state index in [9.17, 15) is 26.8 Å². The second kappa shape index (κ2) is 8.91. The molecule has 2 aromatic carbocycles. The van der Waals surface area contributed by atoms with Crippen molar-refractivity contribution < 1.29 is 31.9 Å². The number of carboxylic acids is 1. The van der Waals surface area contributed by atoms with Gasteiger partial charge >= 0.3 is 5.97 Å². The van der Waals surface area contributed by atoms with E-state index in [0.717, 1.165) is 5.56 Å². The molecule has 0 radical (unpaired) electrons. The lowest BCUT2D eigenvalue weighted by Gasteiger charge is -2.16. The van der Waals surface area contributed by atoms with Gasteiger partial charge in [0.1, 0.15) is 17.4 Å². The summed E-state index contributed by atoms with van der Waals surface area (Å²) in [6.07, 6.45) is 1.63. The summed E-state index contributed by atoms with van der Waals surface area (Å²) >= 11 is 0. The summed E-state index contributed by atoms with van der Waals surface area (Å²) in [6, 6.07) is 6.71. The molecule has 0 amide bonds. The highest BCUT2D eigenvalue weighted by atomic mass is 32.2. The van der Waals surface area contributed by atoms with Gasteiger partial charge in [0.2, 0.25) is 0 Å². The fourth-order valence-corrected chi connectivity index (χ4v) is 3.71. The van der Waals surface area contributed by atoms with Gasteiger partial charge in [-0.25, -0.2) is 22.0 Å². The second-order valence-corrected chi connectivity index (χ2v) is 9.58. The first-order valence-electron chi connectivity index (χ1n) is 9.18. The number of carbonyl (C=O) groups excluding carboxylic acids is 1. The standard InChI is InChI=1S/C21H23F2NO5S/c1-21(2,3)19(25)6-4-5-13-7-9-14(10-8-13)30(28,29)24-18-12-16(22)15(20(26)27)11-17(18)23/h7-12,24H,4-6H2,1-3H3,(H,26,27). The molecular formula is C21H23F2NO5S. The topological polar surface area (TPSA) is 101 Å². The molecule has 0 aromatic heterocycles. The van der Waals surface area contributed by atoms with Crippen LogP contribution in [0.1, 0.15) is 49.5 Å². The van der Waals surface area contributed by atoms with Gasteiger partial charge in [-0.2, -0.15) is 0 Å². The highest BCUT2D eigenvalue weighted by molar-refractivity contribution is 7.92. The summed E-state index contributed by atoms with van der Waals surface area (Å²) < 4.78 is 54.6. The normalized spacial score (nSPS) is 11.9. The zero-order valence-corrected chi connectivity index (χ0v) is 17.6. The van der Waals surface area contributed by atoms with Crippen LogP contribution in [0.25, 0.3) is 0 Å². The number of carboxylic acid groups (broad SMARTS) is 1. The Balaban J connectivity index is 2.10. The fourth-order valence-electron chi connectivity index (χ4n) is 2.66. The molecule has 0 unspecified atom stereocenters. The summed E-state index contributed by atoms with van der Waals surface area (Å²) in [6.45, 7) is 5.56. The van der Waals surface area contributed by atoms with Crippen molar-refractivity contribution >= 4 is 27.5 Å². The molecule has 0 aliphatic carbocycles. The number of carbonyl (C=O) groups is 2. The van der Waals surface area contributed by atoms with Crippen LogP contribution in [-0.2, 0) is 21.2 Å². The van der Waals surface area contributed by atoms with Gasteiger partial charge in [-0.3, -0.25) is 9.52 Å². The largest absolute Gasteiger partial charge is 0.478 e. The van der Waals surface area contributed by atoms with Crippen LogP contribution in [-0.4, -0.2) is 25.3 Å². The third-order valence-electron chi connectivity index (χ3n) is 4.47. The van der Waals surface area contributed by atoms with Gasteiger partial charge in [-0.15, -0.1) is 0 Å². The number of hydrogen-bond acceptors (Lipinski definition) is 4. The number of rotatable bonds is 8. The first kappa shape index (κ1) is 23.5. The van der Waals surface area contributed by atoms with Crippen molar-refractivity contribution in [1.29, 1.82) is 0 Å². The molecule has 0 aliphatic rings. The van der Waals surface area contributed by atoms with Crippen molar-refractivity contribution in [1.82, 2.24) is 0 Å². The van der Waals surface area contributed by atoms with Crippen LogP contribution in [0.2, 0.25) is 0 Å². The molecule has 0 heterocycles. The summed E-state index contributed by atoms with van der Waals surface area (Å²) in [4.78, 5) is 22.6. The number of aryl methyl sites for hydroxylation is 1. The lowest BCUT2D eigenvalue weighted by Crippen LogP contribution is -2.19. The van der Waals surface area contributed by atoms with Crippen molar-refractivity contribution in [3.05, 3.63) is 59.2 Å². The van der Waals surface area contributed by atoms with Gasteiger partial charge in [-0.1, -0.05) is 32.9 Å². The van der Waals surface area contributed by atoms with Crippen molar-refractivity contribution in [2.75, 3.05) is 4.72 Å². The quantitative estimate of drug-likeness (QED) is 0.635. The van der Waals surface area contributed by atoms with E-state index in [2.05, 4.69) is 0 Å². The Morgan fingerprint density at radius 3 is 2.17 bits per heavy atom. The van der Waals surface area contributed by atoms with E-state index in [4.69, 9.17) is 5.11 Å². The number of sulfonamides is 1. The number of aromatic carboxylic acids is 1. The Labute approximate surface area is 174 Å². The average Bonchev–Trinajstić information content (AvgIpc) is 2.63. The Kier molecular flexibility index (Phi) is 6.97. The summed E-state index contributed by atoms with van der Waals surface area (Å²) in [5, 5.41) is 8.79. The molecule has 2 rings (SSSR count). The maximum atomic E-state index is 14.0. The number of benzene rings is 2. The van der Waals surface area contributed by atoms with Crippen LogP contribution in [0.5, 0.6) is 0 Å². The Bertz CT molecular complexity index is 1060. The number of Topliss-reactive ketones (excluding diaryl/α,β-unsaturated/α-hetero) is 1. The smallest absolute Gasteiger partial charge is 0.338 e. The molecule has 30 heavy (non-hydrogen) atoms. The van der Waals surface area contributed by atoms with Gasteiger partial charge in [-0.05, 0) is 36.6 Å². The molecule has 0 fully saturated rings. The SMILES string of the molecule is CC(C)(C)C(=O)CCCc1ccc(S(=O)(=O)Nc2cc(F)c(C(=O)O)cc2F)cc1. The zero-order valence-electron chi connectivity index (χ0n) is 16.8. The van der Waals surface area contributed by atoms with Gasteiger partial charge in [0.05, 0.1) is 16.1 Å². The molecule has 0 spiro atoms. The molecule has 2 aromatic rings. The van der Waals surface area contributed by atoms with E-state index in [-0.39, 0.29) is 10.7 Å². The van der Waals surface area contributed by atoms with E-state index >= 15 is 0 Å². The Morgan fingerprint density at radius 2 is 1.63 bits per heavy atom. The molecule has 162 valence electrons. The first-order valence-corrected chi connectivity index (χ1v) is 10.7. The maximum Gasteiger partial charge on any atom is 0.338 e. The Hall–Kier alpha value is -2.81. The molecule has 0 saturated carbocycles. The van der Waals surface area contributed by atoms with Crippen LogP contribution in [0.15, 0.2) is 41.3 Å². The minimum atomic E-state index is -4.21. The maximum absolute atomic E-state index is 14.0. The summed E-state index contributed by atoms with van der Waals surface area (Å²) in [7, 11) is -4.21. The highest BCUT2D eigenvalue weighted by Gasteiger charge is 2.21. The van der Waals surface area contributed by atoms with Crippen molar-refractivity contribution in [2.45, 2.75) is 44.9 Å². The molecule has 0 saturated heterocycles. The van der Waals surface area contributed by atoms with Crippen LogP contribution >= 0.6 is 0 Å². The van der Waals surface area contributed by atoms with Crippen LogP contribution < -0.4 is 4.72 Å². The molecule has 2 N–H and O–H groups in total. The number of halogens is 2. The lowest BCUT2D eigenvalue weighted by molar-refractivity contribution is -0.126. The van der Waals surface area contributed by atoms with Crippen LogP contribution in [0.3, 0.4) is 0 Å². The van der Waals surface area contributed by atoms with E-state index in [1.807, 2.05) is 25.5 Å². The first-order chi connectivity index (χ1) is 13.8. The predicted octanol–water partition coefficient (Wildman–Crippen LogP) is 4.40. The third kappa shape index (κ3) is 5.85. The molecule has 0 aliphatic heterocycles. The number of hydrogen-bond donors (Lipinski definition) is 2.